The maximum atomic E-state index is 10.7. The van der Waals surface area contributed by atoms with Crippen molar-refractivity contribution in [3.05, 3.63) is 50.9 Å². The zero-order chi connectivity index (χ0) is 14.0. The summed E-state index contributed by atoms with van der Waals surface area (Å²) in [6.45, 7) is 3.94. The zero-order valence-corrected chi connectivity index (χ0v) is 13.7. The molecule has 0 saturated carbocycles. The van der Waals surface area contributed by atoms with E-state index in [9.17, 15) is 5.11 Å². The summed E-state index contributed by atoms with van der Waals surface area (Å²) < 4.78 is 3.03. The average Bonchev–Trinajstić information content (AvgIpc) is 2.70. The molecule has 0 radical (unpaired) electrons. The molecule has 0 aliphatic rings. The highest BCUT2D eigenvalue weighted by molar-refractivity contribution is 14.1. The standard InChI is InChI=1S/C15H19IN2O/c1-4-13-9-14(18(3)17-13)10-15(2,19)11-5-7-12(16)8-6-11/h5-9,19H,4,10H2,1-3H3. The lowest BCUT2D eigenvalue weighted by Crippen LogP contribution is -2.25. The first-order valence-electron chi connectivity index (χ1n) is 6.42. The lowest BCUT2D eigenvalue weighted by Gasteiger charge is -2.24. The largest absolute Gasteiger partial charge is 0.385 e. The maximum Gasteiger partial charge on any atom is 0.0923 e. The first-order chi connectivity index (χ1) is 8.92. The van der Waals surface area contributed by atoms with Gasteiger partial charge in [-0.3, -0.25) is 4.68 Å². The summed E-state index contributed by atoms with van der Waals surface area (Å²) in [6.07, 6.45) is 1.48. The van der Waals surface area contributed by atoms with E-state index in [1.165, 1.54) is 3.57 Å². The SMILES string of the molecule is CCc1cc(CC(C)(O)c2ccc(I)cc2)n(C)n1. The zero-order valence-electron chi connectivity index (χ0n) is 11.5. The second-order valence-corrected chi connectivity index (χ2v) is 6.31. The van der Waals surface area contributed by atoms with Gasteiger partial charge < -0.3 is 5.11 Å². The molecule has 0 aliphatic carbocycles. The minimum absolute atomic E-state index is 0.567. The van der Waals surface area contributed by atoms with Crippen LogP contribution in [0.4, 0.5) is 0 Å². The summed E-state index contributed by atoms with van der Waals surface area (Å²) in [4.78, 5) is 0. The van der Waals surface area contributed by atoms with E-state index >= 15 is 0 Å². The molecule has 1 atom stereocenters. The van der Waals surface area contributed by atoms with Crippen LogP contribution in [0.1, 0.15) is 30.8 Å². The number of nitrogens with zero attached hydrogens (tertiary/aromatic N) is 2. The number of aryl methyl sites for hydroxylation is 2. The minimum atomic E-state index is -0.872. The fraction of sp³-hybridized carbons (Fsp3) is 0.400. The Morgan fingerprint density at radius 1 is 1.32 bits per heavy atom. The number of aliphatic hydroxyl groups is 1. The van der Waals surface area contributed by atoms with Crippen LogP contribution in [0.3, 0.4) is 0 Å². The highest BCUT2D eigenvalue weighted by atomic mass is 127. The van der Waals surface area contributed by atoms with Gasteiger partial charge in [-0.25, -0.2) is 0 Å². The van der Waals surface area contributed by atoms with E-state index in [-0.39, 0.29) is 0 Å². The quantitative estimate of drug-likeness (QED) is 0.841. The molecule has 1 N–H and O–H groups in total. The maximum absolute atomic E-state index is 10.7. The normalized spacial score (nSPS) is 14.4. The molecule has 0 bridgehead atoms. The fourth-order valence-corrected chi connectivity index (χ4v) is 2.53. The molecule has 3 nitrogen and oxygen atoms in total. The van der Waals surface area contributed by atoms with Crippen LogP contribution < -0.4 is 0 Å². The summed E-state index contributed by atoms with van der Waals surface area (Å²) in [5, 5.41) is 15.1. The van der Waals surface area contributed by atoms with Crippen LogP contribution in [0.2, 0.25) is 0 Å². The van der Waals surface area contributed by atoms with E-state index in [4.69, 9.17) is 0 Å². The van der Waals surface area contributed by atoms with Gasteiger partial charge in [0.2, 0.25) is 0 Å². The van der Waals surface area contributed by atoms with Crippen LogP contribution in [-0.2, 0) is 25.5 Å². The monoisotopic (exact) mass is 370 g/mol. The lowest BCUT2D eigenvalue weighted by molar-refractivity contribution is 0.0556. The van der Waals surface area contributed by atoms with E-state index in [1.54, 1.807) is 0 Å². The van der Waals surface area contributed by atoms with Crippen LogP contribution in [0.25, 0.3) is 0 Å². The van der Waals surface area contributed by atoms with Crippen molar-refractivity contribution >= 4 is 22.6 Å². The highest BCUT2D eigenvalue weighted by Gasteiger charge is 2.25. The van der Waals surface area contributed by atoms with Gasteiger partial charge >= 0.3 is 0 Å². The molecule has 102 valence electrons. The summed E-state index contributed by atoms with van der Waals surface area (Å²) in [6, 6.07) is 10.1. The second-order valence-electron chi connectivity index (χ2n) is 5.06. The third-order valence-corrected chi connectivity index (χ3v) is 4.10. The smallest absolute Gasteiger partial charge is 0.0923 e. The fourth-order valence-electron chi connectivity index (χ4n) is 2.17. The molecule has 0 saturated heterocycles. The molecule has 2 rings (SSSR count). The molecule has 1 unspecified atom stereocenters. The van der Waals surface area contributed by atoms with Crippen LogP contribution in [0, 0.1) is 3.57 Å². The predicted molar refractivity (Wildman–Crippen MR) is 85.0 cm³/mol. The Labute approximate surface area is 127 Å². The number of hydrogen-bond acceptors (Lipinski definition) is 2. The van der Waals surface area contributed by atoms with Crippen molar-refractivity contribution in [3.63, 3.8) is 0 Å². The summed E-state index contributed by atoms with van der Waals surface area (Å²) >= 11 is 2.27. The summed E-state index contributed by atoms with van der Waals surface area (Å²) in [5.74, 6) is 0. The Hall–Kier alpha value is -0.880. The third-order valence-electron chi connectivity index (χ3n) is 3.38. The van der Waals surface area contributed by atoms with Gasteiger partial charge in [0.25, 0.3) is 0 Å². The van der Waals surface area contributed by atoms with Crippen LogP contribution in [-0.4, -0.2) is 14.9 Å². The van der Waals surface area contributed by atoms with Gasteiger partial charge in [-0.1, -0.05) is 19.1 Å². The van der Waals surface area contributed by atoms with E-state index in [1.807, 2.05) is 42.9 Å². The summed E-state index contributed by atoms with van der Waals surface area (Å²) in [5.41, 5.74) is 2.19. The van der Waals surface area contributed by atoms with Crippen molar-refractivity contribution in [1.29, 1.82) is 0 Å². The van der Waals surface area contributed by atoms with E-state index < -0.39 is 5.60 Å². The molecule has 0 aliphatic heterocycles. The number of rotatable bonds is 4. The molecule has 19 heavy (non-hydrogen) atoms. The van der Waals surface area contributed by atoms with E-state index in [0.29, 0.717) is 6.42 Å². The van der Waals surface area contributed by atoms with Crippen molar-refractivity contribution in [1.82, 2.24) is 9.78 Å². The first-order valence-corrected chi connectivity index (χ1v) is 7.50. The number of aromatic nitrogens is 2. The minimum Gasteiger partial charge on any atom is -0.385 e. The molecule has 0 amide bonds. The van der Waals surface area contributed by atoms with Gasteiger partial charge in [-0.15, -0.1) is 0 Å². The number of hydrogen-bond donors (Lipinski definition) is 1. The molecule has 0 spiro atoms. The van der Waals surface area contributed by atoms with Crippen molar-refractivity contribution < 1.29 is 5.11 Å². The molecule has 1 aromatic carbocycles. The Bertz CT molecular complexity index is 558. The van der Waals surface area contributed by atoms with Crippen LogP contribution in [0.5, 0.6) is 0 Å². The molecule has 4 heteroatoms. The third kappa shape index (κ3) is 3.36. The van der Waals surface area contributed by atoms with Gasteiger partial charge in [-0.2, -0.15) is 5.10 Å². The molecule has 2 aromatic rings. The Kier molecular flexibility index (Phi) is 4.30. The molecular weight excluding hydrogens is 351 g/mol. The highest BCUT2D eigenvalue weighted by Crippen LogP contribution is 2.26. The van der Waals surface area contributed by atoms with Gasteiger partial charge in [0.05, 0.1) is 11.3 Å². The Morgan fingerprint density at radius 2 is 1.95 bits per heavy atom. The average molecular weight is 370 g/mol. The van der Waals surface area contributed by atoms with E-state index in [0.717, 1.165) is 23.4 Å². The molecule has 0 fully saturated rings. The lowest BCUT2D eigenvalue weighted by atomic mass is 9.91. The number of halogens is 1. The molecular formula is C15H19IN2O. The topological polar surface area (TPSA) is 38.0 Å². The predicted octanol–water partition coefficient (Wildman–Crippen LogP) is 3.04. The van der Waals surface area contributed by atoms with Crippen LogP contribution >= 0.6 is 22.6 Å². The van der Waals surface area contributed by atoms with E-state index in [2.05, 4.69) is 40.7 Å². The molecule has 1 aromatic heterocycles. The first kappa shape index (κ1) is 14.5. The van der Waals surface area contributed by atoms with Gasteiger partial charge in [-0.05, 0) is 59.7 Å². The molecule has 1 heterocycles. The number of benzene rings is 1. The van der Waals surface area contributed by atoms with Gasteiger partial charge in [0, 0.05) is 22.7 Å². The second kappa shape index (κ2) is 5.63. The van der Waals surface area contributed by atoms with Crippen molar-refractivity contribution in [2.75, 3.05) is 0 Å². The van der Waals surface area contributed by atoms with Crippen molar-refractivity contribution in [3.8, 4) is 0 Å². The van der Waals surface area contributed by atoms with Gasteiger partial charge in [0.1, 0.15) is 0 Å². The van der Waals surface area contributed by atoms with Crippen molar-refractivity contribution in [2.24, 2.45) is 7.05 Å². The Morgan fingerprint density at radius 3 is 2.47 bits per heavy atom. The Balaban J connectivity index is 2.24. The van der Waals surface area contributed by atoms with Crippen LogP contribution in [0.15, 0.2) is 30.3 Å². The summed E-state index contributed by atoms with van der Waals surface area (Å²) in [7, 11) is 1.93. The van der Waals surface area contributed by atoms with Gasteiger partial charge in [0.15, 0.2) is 0 Å². The van der Waals surface area contributed by atoms with Crippen molar-refractivity contribution in [2.45, 2.75) is 32.3 Å².